The molecule has 2 nitrogen and oxygen atoms in total. The number of hydrogen-bond acceptors (Lipinski definition) is 2. The molecule has 0 aliphatic heterocycles. The standard InChI is InChI=1S/C15H22FNO/c1-11-5-3-8-14(15(11)16)18-10-9-12-6-4-7-13(12)17-2/h3,5,8,12-13,17H,4,6-7,9-10H2,1-2H3. The molecule has 1 N–H and O–H groups in total. The van der Waals surface area contributed by atoms with Crippen molar-refractivity contribution in [3.8, 4) is 5.75 Å². The fraction of sp³-hybridized carbons (Fsp3) is 0.600. The van der Waals surface area contributed by atoms with Gasteiger partial charge >= 0.3 is 0 Å². The molecule has 0 aromatic heterocycles. The first kappa shape index (κ1) is 13.3. The van der Waals surface area contributed by atoms with Crippen LogP contribution in [0.25, 0.3) is 0 Å². The van der Waals surface area contributed by atoms with Gasteiger partial charge in [-0.3, -0.25) is 0 Å². The van der Waals surface area contributed by atoms with Crippen LogP contribution in [0.1, 0.15) is 31.2 Å². The van der Waals surface area contributed by atoms with Gasteiger partial charge in [0.15, 0.2) is 11.6 Å². The van der Waals surface area contributed by atoms with Crippen LogP contribution in [-0.2, 0) is 0 Å². The van der Waals surface area contributed by atoms with Gasteiger partial charge in [0, 0.05) is 6.04 Å². The number of benzene rings is 1. The fourth-order valence-corrected chi connectivity index (χ4v) is 2.81. The minimum atomic E-state index is -0.228. The van der Waals surface area contributed by atoms with Crippen LogP contribution in [0, 0.1) is 18.7 Å². The molecule has 1 saturated carbocycles. The molecule has 1 aromatic rings. The third-order valence-corrected chi connectivity index (χ3v) is 3.93. The molecule has 0 bridgehead atoms. The number of rotatable bonds is 5. The summed E-state index contributed by atoms with van der Waals surface area (Å²) in [6, 6.07) is 5.90. The van der Waals surface area contributed by atoms with Gasteiger partial charge in [-0.1, -0.05) is 18.6 Å². The van der Waals surface area contributed by atoms with E-state index in [0.717, 1.165) is 6.42 Å². The molecular weight excluding hydrogens is 229 g/mol. The molecule has 0 amide bonds. The Kier molecular flexibility index (Phi) is 4.59. The lowest BCUT2D eigenvalue weighted by molar-refractivity contribution is 0.254. The summed E-state index contributed by atoms with van der Waals surface area (Å²) in [4.78, 5) is 0. The van der Waals surface area contributed by atoms with Crippen molar-refractivity contribution >= 4 is 0 Å². The van der Waals surface area contributed by atoms with Crippen molar-refractivity contribution in [2.24, 2.45) is 5.92 Å². The molecule has 2 rings (SSSR count). The second-order valence-electron chi connectivity index (χ2n) is 5.11. The van der Waals surface area contributed by atoms with Crippen LogP contribution in [0.15, 0.2) is 18.2 Å². The maximum atomic E-state index is 13.7. The maximum Gasteiger partial charge on any atom is 0.167 e. The van der Waals surface area contributed by atoms with Gasteiger partial charge in [0.1, 0.15) is 0 Å². The summed E-state index contributed by atoms with van der Waals surface area (Å²) in [5.74, 6) is 0.825. The van der Waals surface area contributed by atoms with Crippen molar-refractivity contribution in [2.45, 2.75) is 38.6 Å². The smallest absolute Gasteiger partial charge is 0.167 e. The minimum absolute atomic E-state index is 0.228. The largest absolute Gasteiger partial charge is 0.490 e. The molecule has 0 spiro atoms. The number of nitrogens with one attached hydrogen (secondary N) is 1. The molecule has 2 unspecified atom stereocenters. The highest BCUT2D eigenvalue weighted by Crippen LogP contribution is 2.28. The van der Waals surface area contributed by atoms with Crippen LogP contribution in [-0.4, -0.2) is 19.7 Å². The minimum Gasteiger partial charge on any atom is -0.490 e. The first-order valence-electron chi connectivity index (χ1n) is 6.77. The van der Waals surface area contributed by atoms with Gasteiger partial charge in [-0.05, 0) is 50.8 Å². The molecule has 1 aliphatic rings. The molecule has 3 heteroatoms. The van der Waals surface area contributed by atoms with Crippen LogP contribution in [0.5, 0.6) is 5.75 Å². The van der Waals surface area contributed by atoms with Crippen LogP contribution in [0.3, 0.4) is 0 Å². The first-order chi connectivity index (χ1) is 8.72. The Labute approximate surface area is 109 Å². The summed E-state index contributed by atoms with van der Waals surface area (Å²) < 4.78 is 19.3. The molecular formula is C15H22FNO. The van der Waals surface area contributed by atoms with Crippen molar-refractivity contribution in [3.05, 3.63) is 29.6 Å². The Morgan fingerprint density at radius 1 is 1.39 bits per heavy atom. The van der Waals surface area contributed by atoms with Gasteiger partial charge in [0.2, 0.25) is 0 Å². The third-order valence-electron chi connectivity index (χ3n) is 3.93. The van der Waals surface area contributed by atoms with Crippen molar-refractivity contribution < 1.29 is 9.13 Å². The first-order valence-corrected chi connectivity index (χ1v) is 6.77. The van der Waals surface area contributed by atoms with Gasteiger partial charge in [0.05, 0.1) is 6.61 Å². The van der Waals surface area contributed by atoms with Gasteiger partial charge in [-0.25, -0.2) is 4.39 Å². The van der Waals surface area contributed by atoms with E-state index in [1.807, 2.05) is 13.1 Å². The Hall–Kier alpha value is -1.09. The van der Waals surface area contributed by atoms with Crippen molar-refractivity contribution in [2.75, 3.05) is 13.7 Å². The Morgan fingerprint density at radius 2 is 2.22 bits per heavy atom. The fourth-order valence-electron chi connectivity index (χ4n) is 2.81. The van der Waals surface area contributed by atoms with E-state index in [1.165, 1.54) is 19.3 Å². The van der Waals surface area contributed by atoms with Gasteiger partial charge in [0.25, 0.3) is 0 Å². The summed E-state index contributed by atoms with van der Waals surface area (Å²) in [6.07, 6.45) is 4.79. The topological polar surface area (TPSA) is 21.3 Å². The predicted molar refractivity (Wildman–Crippen MR) is 71.4 cm³/mol. The highest BCUT2D eigenvalue weighted by molar-refractivity contribution is 5.29. The summed E-state index contributed by atoms with van der Waals surface area (Å²) in [7, 11) is 2.02. The third kappa shape index (κ3) is 3.02. The molecule has 0 saturated heterocycles. The quantitative estimate of drug-likeness (QED) is 0.867. The number of halogens is 1. The zero-order valence-corrected chi connectivity index (χ0v) is 11.2. The highest BCUT2D eigenvalue weighted by Gasteiger charge is 2.25. The van der Waals surface area contributed by atoms with Crippen molar-refractivity contribution in [3.63, 3.8) is 0 Å². The van der Waals surface area contributed by atoms with E-state index in [0.29, 0.717) is 29.9 Å². The van der Waals surface area contributed by atoms with Crippen molar-refractivity contribution in [1.82, 2.24) is 5.32 Å². The summed E-state index contributed by atoms with van der Waals surface area (Å²) in [5.41, 5.74) is 0.640. The SMILES string of the molecule is CNC1CCCC1CCOc1cccc(C)c1F. The second-order valence-corrected chi connectivity index (χ2v) is 5.11. The molecule has 18 heavy (non-hydrogen) atoms. The van der Waals surface area contributed by atoms with Crippen molar-refractivity contribution in [1.29, 1.82) is 0 Å². The number of aryl methyl sites for hydroxylation is 1. The molecule has 0 radical (unpaired) electrons. The summed E-state index contributed by atoms with van der Waals surface area (Å²) in [5, 5.41) is 3.35. The summed E-state index contributed by atoms with van der Waals surface area (Å²) in [6.45, 7) is 2.36. The van der Waals surface area contributed by atoms with Crippen LogP contribution < -0.4 is 10.1 Å². The van der Waals surface area contributed by atoms with E-state index in [4.69, 9.17) is 4.74 Å². The monoisotopic (exact) mass is 251 g/mol. The molecule has 1 fully saturated rings. The lowest BCUT2D eigenvalue weighted by atomic mass is 10.0. The molecule has 100 valence electrons. The number of ether oxygens (including phenoxy) is 1. The normalized spacial score (nSPS) is 23.3. The average molecular weight is 251 g/mol. The van der Waals surface area contributed by atoms with Crippen LogP contribution >= 0.6 is 0 Å². The molecule has 1 aliphatic carbocycles. The van der Waals surface area contributed by atoms with E-state index >= 15 is 0 Å². The maximum absolute atomic E-state index is 13.7. The van der Waals surface area contributed by atoms with E-state index in [2.05, 4.69) is 5.32 Å². The number of hydrogen-bond donors (Lipinski definition) is 1. The lowest BCUT2D eigenvalue weighted by Crippen LogP contribution is -2.29. The predicted octanol–water partition coefficient (Wildman–Crippen LogP) is 3.29. The van der Waals surface area contributed by atoms with Gasteiger partial charge < -0.3 is 10.1 Å². The van der Waals surface area contributed by atoms with Crippen LogP contribution in [0.2, 0.25) is 0 Å². The zero-order valence-electron chi connectivity index (χ0n) is 11.2. The Morgan fingerprint density at radius 3 is 3.00 bits per heavy atom. The molecule has 1 aromatic carbocycles. The van der Waals surface area contributed by atoms with Gasteiger partial charge in [-0.15, -0.1) is 0 Å². The van der Waals surface area contributed by atoms with Crippen LogP contribution in [0.4, 0.5) is 4.39 Å². The van der Waals surface area contributed by atoms with E-state index in [9.17, 15) is 4.39 Å². The highest BCUT2D eigenvalue weighted by atomic mass is 19.1. The second kappa shape index (κ2) is 6.19. The van der Waals surface area contributed by atoms with Gasteiger partial charge in [-0.2, -0.15) is 0 Å². The summed E-state index contributed by atoms with van der Waals surface area (Å²) >= 11 is 0. The van der Waals surface area contributed by atoms with E-state index in [1.54, 1.807) is 19.1 Å². The van der Waals surface area contributed by atoms with E-state index in [-0.39, 0.29) is 5.82 Å². The average Bonchev–Trinajstić information content (AvgIpc) is 2.82. The lowest BCUT2D eigenvalue weighted by Gasteiger charge is -2.19. The zero-order chi connectivity index (χ0) is 13.0. The van der Waals surface area contributed by atoms with E-state index < -0.39 is 0 Å². The Balaban J connectivity index is 1.83. The molecule has 0 heterocycles. The Bertz CT molecular complexity index is 394. The molecule has 2 atom stereocenters.